The predicted molar refractivity (Wildman–Crippen MR) is 86.3 cm³/mol. The van der Waals surface area contributed by atoms with Crippen molar-refractivity contribution >= 4 is 0 Å². The monoisotopic (exact) mass is 297 g/mol. The number of aromatic nitrogens is 2. The maximum Gasteiger partial charge on any atom is 0.122 e. The van der Waals surface area contributed by atoms with Crippen molar-refractivity contribution in [1.82, 2.24) is 14.9 Å². The van der Waals surface area contributed by atoms with Crippen molar-refractivity contribution in [2.75, 3.05) is 13.2 Å². The summed E-state index contributed by atoms with van der Waals surface area (Å²) in [5.74, 6) is 2.87. The molecule has 0 spiro atoms. The van der Waals surface area contributed by atoms with E-state index >= 15 is 0 Å². The number of hydrogen-bond donors (Lipinski definition) is 1. The second-order valence-electron chi connectivity index (χ2n) is 6.44. The SMILES string of the molecule is Cc1cn2c(n1)[C@@H](CNCc1ccc3c(c1)CCO3)CCC2. The third kappa shape index (κ3) is 2.63. The molecule has 2 aromatic rings. The Morgan fingerprint density at radius 2 is 2.36 bits per heavy atom. The van der Waals surface area contributed by atoms with Gasteiger partial charge in [-0.2, -0.15) is 0 Å². The summed E-state index contributed by atoms with van der Waals surface area (Å²) in [5, 5.41) is 3.62. The van der Waals surface area contributed by atoms with Gasteiger partial charge in [0, 0.05) is 38.2 Å². The van der Waals surface area contributed by atoms with Crippen LogP contribution in [0.3, 0.4) is 0 Å². The topological polar surface area (TPSA) is 39.1 Å². The Morgan fingerprint density at radius 3 is 3.32 bits per heavy atom. The molecule has 2 aliphatic rings. The zero-order chi connectivity index (χ0) is 14.9. The highest BCUT2D eigenvalue weighted by molar-refractivity contribution is 5.39. The lowest BCUT2D eigenvalue weighted by Crippen LogP contribution is -2.26. The third-order valence-corrected chi connectivity index (χ3v) is 4.72. The van der Waals surface area contributed by atoms with Gasteiger partial charge >= 0.3 is 0 Å². The van der Waals surface area contributed by atoms with E-state index in [1.807, 2.05) is 0 Å². The summed E-state index contributed by atoms with van der Waals surface area (Å²) in [4.78, 5) is 4.71. The van der Waals surface area contributed by atoms with Gasteiger partial charge in [0.1, 0.15) is 11.6 Å². The molecule has 0 unspecified atom stereocenters. The van der Waals surface area contributed by atoms with Gasteiger partial charge < -0.3 is 14.6 Å². The number of ether oxygens (including phenoxy) is 1. The Labute approximate surface area is 131 Å². The quantitative estimate of drug-likeness (QED) is 0.943. The number of fused-ring (bicyclic) bond motifs is 2. The first-order valence-electron chi connectivity index (χ1n) is 8.28. The van der Waals surface area contributed by atoms with E-state index in [0.29, 0.717) is 5.92 Å². The molecule has 1 aromatic carbocycles. The first-order chi connectivity index (χ1) is 10.8. The summed E-state index contributed by atoms with van der Waals surface area (Å²) in [5.41, 5.74) is 3.84. The molecule has 0 saturated carbocycles. The van der Waals surface area contributed by atoms with Crippen molar-refractivity contribution in [2.45, 2.75) is 45.2 Å². The average molecular weight is 297 g/mol. The normalized spacial score (nSPS) is 19.6. The van der Waals surface area contributed by atoms with E-state index in [4.69, 9.17) is 9.72 Å². The van der Waals surface area contributed by atoms with Gasteiger partial charge in [0.25, 0.3) is 0 Å². The molecule has 4 rings (SSSR count). The number of hydrogen-bond acceptors (Lipinski definition) is 3. The number of aryl methyl sites for hydroxylation is 2. The van der Waals surface area contributed by atoms with E-state index in [1.54, 1.807) is 0 Å². The summed E-state index contributed by atoms with van der Waals surface area (Å²) < 4.78 is 7.89. The third-order valence-electron chi connectivity index (χ3n) is 4.72. The summed E-state index contributed by atoms with van der Waals surface area (Å²) in [6, 6.07) is 6.56. The lowest BCUT2D eigenvalue weighted by atomic mass is 9.99. The second kappa shape index (κ2) is 5.76. The minimum atomic E-state index is 0.542. The van der Waals surface area contributed by atoms with Gasteiger partial charge in [-0.1, -0.05) is 12.1 Å². The van der Waals surface area contributed by atoms with Crippen LogP contribution in [0.4, 0.5) is 0 Å². The van der Waals surface area contributed by atoms with E-state index in [1.165, 1.54) is 29.8 Å². The Hall–Kier alpha value is -1.81. The molecule has 1 atom stereocenters. The van der Waals surface area contributed by atoms with E-state index in [-0.39, 0.29) is 0 Å². The lowest BCUT2D eigenvalue weighted by molar-refractivity contribution is 0.357. The number of benzene rings is 1. The lowest BCUT2D eigenvalue weighted by Gasteiger charge is -2.23. The van der Waals surface area contributed by atoms with E-state index < -0.39 is 0 Å². The molecular formula is C18H23N3O. The zero-order valence-electron chi connectivity index (χ0n) is 13.1. The first-order valence-corrected chi connectivity index (χ1v) is 8.28. The molecule has 1 N–H and O–H groups in total. The Bertz CT molecular complexity index is 677. The van der Waals surface area contributed by atoms with Crippen molar-refractivity contribution in [3.8, 4) is 5.75 Å². The van der Waals surface area contributed by atoms with E-state index in [2.05, 4.69) is 41.2 Å². The molecule has 22 heavy (non-hydrogen) atoms. The average Bonchev–Trinajstić information content (AvgIpc) is 3.12. The van der Waals surface area contributed by atoms with Crippen LogP contribution >= 0.6 is 0 Å². The molecule has 0 saturated heterocycles. The highest BCUT2D eigenvalue weighted by Crippen LogP contribution is 2.27. The molecule has 1 aromatic heterocycles. The van der Waals surface area contributed by atoms with Crippen LogP contribution in [0.5, 0.6) is 5.75 Å². The van der Waals surface area contributed by atoms with Crippen molar-refractivity contribution in [3.63, 3.8) is 0 Å². The molecule has 4 nitrogen and oxygen atoms in total. The van der Waals surface area contributed by atoms with Gasteiger partial charge in [-0.3, -0.25) is 0 Å². The van der Waals surface area contributed by atoms with Crippen LogP contribution < -0.4 is 10.1 Å². The van der Waals surface area contributed by atoms with E-state index in [0.717, 1.165) is 44.1 Å². The molecular weight excluding hydrogens is 274 g/mol. The predicted octanol–water partition coefficient (Wildman–Crippen LogP) is 2.79. The van der Waals surface area contributed by atoms with Gasteiger partial charge in [-0.05, 0) is 37.0 Å². The number of nitrogens with one attached hydrogen (secondary N) is 1. The molecule has 2 aliphatic heterocycles. The number of rotatable bonds is 4. The van der Waals surface area contributed by atoms with Crippen molar-refractivity contribution in [2.24, 2.45) is 0 Å². The van der Waals surface area contributed by atoms with Crippen LogP contribution in [-0.2, 0) is 19.5 Å². The van der Waals surface area contributed by atoms with Crippen molar-refractivity contribution in [3.05, 3.63) is 47.0 Å². The second-order valence-corrected chi connectivity index (χ2v) is 6.44. The molecule has 0 amide bonds. The van der Waals surface area contributed by atoms with Crippen LogP contribution in [0.1, 0.15) is 41.4 Å². The number of nitrogens with zero attached hydrogens (tertiary/aromatic N) is 2. The summed E-state index contributed by atoms with van der Waals surface area (Å²) >= 11 is 0. The fourth-order valence-corrected chi connectivity index (χ4v) is 3.64. The van der Waals surface area contributed by atoms with Crippen molar-refractivity contribution in [1.29, 1.82) is 0 Å². The van der Waals surface area contributed by atoms with Gasteiger partial charge in [-0.15, -0.1) is 0 Å². The largest absolute Gasteiger partial charge is 0.493 e. The molecule has 0 fully saturated rings. The molecule has 4 heteroatoms. The fourth-order valence-electron chi connectivity index (χ4n) is 3.64. The minimum Gasteiger partial charge on any atom is -0.493 e. The van der Waals surface area contributed by atoms with Crippen molar-refractivity contribution < 1.29 is 4.74 Å². The summed E-state index contributed by atoms with van der Waals surface area (Å²) in [7, 11) is 0. The smallest absolute Gasteiger partial charge is 0.122 e. The van der Waals surface area contributed by atoms with Crippen LogP contribution in [0, 0.1) is 6.92 Å². The molecule has 0 aliphatic carbocycles. The number of imidazole rings is 1. The van der Waals surface area contributed by atoms with Gasteiger partial charge in [0.05, 0.1) is 12.3 Å². The van der Waals surface area contributed by atoms with E-state index in [9.17, 15) is 0 Å². The summed E-state index contributed by atoms with van der Waals surface area (Å²) in [6.07, 6.45) is 5.72. The first kappa shape index (κ1) is 13.8. The highest BCUT2D eigenvalue weighted by atomic mass is 16.5. The van der Waals surface area contributed by atoms with Crippen LogP contribution in [-0.4, -0.2) is 22.7 Å². The van der Waals surface area contributed by atoms with Gasteiger partial charge in [0.2, 0.25) is 0 Å². The van der Waals surface area contributed by atoms with Crippen LogP contribution in [0.15, 0.2) is 24.4 Å². The summed E-state index contributed by atoms with van der Waals surface area (Å²) in [6.45, 7) is 5.96. The highest BCUT2D eigenvalue weighted by Gasteiger charge is 2.22. The van der Waals surface area contributed by atoms with Crippen LogP contribution in [0.25, 0.3) is 0 Å². The maximum absolute atomic E-state index is 5.56. The van der Waals surface area contributed by atoms with Crippen LogP contribution in [0.2, 0.25) is 0 Å². The Morgan fingerprint density at radius 1 is 1.41 bits per heavy atom. The zero-order valence-corrected chi connectivity index (χ0v) is 13.1. The molecule has 0 bridgehead atoms. The molecule has 0 radical (unpaired) electrons. The fraction of sp³-hybridized carbons (Fsp3) is 0.500. The molecule has 3 heterocycles. The maximum atomic E-state index is 5.56. The van der Waals surface area contributed by atoms with Gasteiger partial charge in [-0.25, -0.2) is 4.98 Å². The standard InChI is InChI=1S/C18H23N3O/c1-13-12-21-7-2-3-16(18(21)20-13)11-19-10-14-4-5-17-15(9-14)6-8-22-17/h4-5,9,12,16,19H,2-3,6-8,10-11H2,1H3/t16-/m1/s1. The minimum absolute atomic E-state index is 0.542. The van der Waals surface area contributed by atoms with Gasteiger partial charge in [0.15, 0.2) is 0 Å². The Kier molecular flexibility index (Phi) is 3.62. The molecule has 116 valence electrons. The Balaban J connectivity index is 1.37.